The molecule has 5 nitrogen and oxygen atoms in total. The number of hydrogen-bond donors (Lipinski definition) is 1. The van der Waals surface area contributed by atoms with E-state index in [0.29, 0.717) is 45.3 Å². The molecule has 2 rings (SSSR count). The average molecular weight is 528 g/mol. The highest BCUT2D eigenvalue weighted by molar-refractivity contribution is 14.0. The Balaban J connectivity index is 0.00000420. The van der Waals surface area contributed by atoms with Crippen LogP contribution in [0, 0.1) is 0 Å². The molecule has 0 saturated carbocycles. The van der Waals surface area contributed by atoms with Gasteiger partial charge >= 0.3 is 6.18 Å². The molecule has 0 spiro atoms. The average Bonchev–Trinajstić information content (AvgIpc) is 2.69. The third kappa shape index (κ3) is 7.93. The fourth-order valence-corrected chi connectivity index (χ4v) is 3.23. The number of aliphatic imine (C=N–C) groups is 1. The summed E-state index contributed by atoms with van der Waals surface area (Å²) in [6.45, 7) is 6.95. The minimum absolute atomic E-state index is 0. The smallest absolute Gasteiger partial charge is 0.377 e. The largest absolute Gasteiger partial charge is 0.403 e. The van der Waals surface area contributed by atoms with Crippen molar-refractivity contribution in [2.45, 2.75) is 45.6 Å². The lowest BCUT2D eigenvalue weighted by Gasteiger charge is -2.39. The zero-order valence-corrected chi connectivity index (χ0v) is 19.7. The summed E-state index contributed by atoms with van der Waals surface area (Å²) in [6, 6.07) is 6.66. The number of nitrogens with zero attached hydrogens (tertiary/aromatic N) is 3. The molecule has 1 aromatic rings. The van der Waals surface area contributed by atoms with Gasteiger partial charge in [0.15, 0.2) is 5.96 Å². The van der Waals surface area contributed by atoms with Gasteiger partial charge in [0.25, 0.3) is 0 Å². The Bertz CT molecular complexity index is 634. The lowest BCUT2D eigenvalue weighted by molar-refractivity contribution is -0.181. The molecular formula is C20H32F3IN4O. The van der Waals surface area contributed by atoms with E-state index in [2.05, 4.69) is 17.2 Å². The Hall–Kier alpha value is -1.07. The van der Waals surface area contributed by atoms with E-state index >= 15 is 0 Å². The minimum atomic E-state index is -4.19. The summed E-state index contributed by atoms with van der Waals surface area (Å²) >= 11 is 0. The summed E-state index contributed by atoms with van der Waals surface area (Å²) in [5.41, 5.74) is 2.26. The SMILES string of the molecule is CCCOCc1ccccc1CNC(=NC)N1CCN(C(C)C(F)(F)F)CC1.I. The van der Waals surface area contributed by atoms with E-state index < -0.39 is 12.2 Å². The van der Waals surface area contributed by atoms with Gasteiger partial charge in [-0.3, -0.25) is 9.89 Å². The van der Waals surface area contributed by atoms with Gasteiger partial charge < -0.3 is 15.0 Å². The van der Waals surface area contributed by atoms with Crippen LogP contribution >= 0.6 is 24.0 Å². The van der Waals surface area contributed by atoms with Gasteiger partial charge in [-0.15, -0.1) is 24.0 Å². The fourth-order valence-electron chi connectivity index (χ4n) is 3.23. The van der Waals surface area contributed by atoms with Gasteiger partial charge in [0, 0.05) is 46.4 Å². The summed E-state index contributed by atoms with van der Waals surface area (Å²) in [5.74, 6) is 0.712. The molecule has 1 N–H and O–H groups in total. The van der Waals surface area contributed by atoms with Crippen molar-refractivity contribution >= 4 is 29.9 Å². The first-order valence-corrected chi connectivity index (χ1v) is 9.77. The molecule has 9 heteroatoms. The van der Waals surface area contributed by atoms with Crippen molar-refractivity contribution in [2.24, 2.45) is 4.99 Å². The molecule has 0 bridgehead atoms. The number of guanidine groups is 1. The lowest BCUT2D eigenvalue weighted by atomic mass is 10.1. The second-order valence-corrected chi connectivity index (χ2v) is 6.96. The third-order valence-electron chi connectivity index (χ3n) is 5.01. The Morgan fingerprint density at radius 1 is 1.17 bits per heavy atom. The minimum Gasteiger partial charge on any atom is -0.377 e. The van der Waals surface area contributed by atoms with Crippen LogP contribution in [0.3, 0.4) is 0 Å². The van der Waals surface area contributed by atoms with Gasteiger partial charge in [0.2, 0.25) is 0 Å². The molecule has 1 aliphatic rings. The van der Waals surface area contributed by atoms with Crippen molar-refractivity contribution in [3.63, 3.8) is 0 Å². The van der Waals surface area contributed by atoms with E-state index in [-0.39, 0.29) is 24.0 Å². The van der Waals surface area contributed by atoms with E-state index in [4.69, 9.17) is 4.74 Å². The van der Waals surface area contributed by atoms with E-state index in [1.165, 1.54) is 11.8 Å². The van der Waals surface area contributed by atoms with Crippen molar-refractivity contribution in [1.82, 2.24) is 15.1 Å². The molecule has 166 valence electrons. The van der Waals surface area contributed by atoms with E-state index in [1.807, 2.05) is 29.2 Å². The van der Waals surface area contributed by atoms with Crippen LogP contribution < -0.4 is 5.32 Å². The van der Waals surface area contributed by atoms with Crippen LogP contribution in [0.25, 0.3) is 0 Å². The van der Waals surface area contributed by atoms with Crippen LogP contribution in [0.1, 0.15) is 31.4 Å². The topological polar surface area (TPSA) is 40.1 Å². The number of hydrogen-bond acceptors (Lipinski definition) is 3. The molecule has 0 aliphatic carbocycles. The van der Waals surface area contributed by atoms with Crippen molar-refractivity contribution in [1.29, 1.82) is 0 Å². The van der Waals surface area contributed by atoms with Gasteiger partial charge in [-0.1, -0.05) is 31.2 Å². The maximum absolute atomic E-state index is 12.9. The quantitative estimate of drug-likeness (QED) is 0.253. The molecule has 29 heavy (non-hydrogen) atoms. The number of ether oxygens (including phenoxy) is 1. The van der Waals surface area contributed by atoms with E-state index in [1.54, 1.807) is 7.05 Å². The zero-order chi connectivity index (χ0) is 20.6. The molecule has 1 aromatic carbocycles. The van der Waals surface area contributed by atoms with Crippen LogP contribution in [0.15, 0.2) is 29.3 Å². The maximum atomic E-state index is 12.9. The number of piperazine rings is 1. The van der Waals surface area contributed by atoms with Gasteiger partial charge in [0.05, 0.1) is 6.61 Å². The number of rotatable bonds is 7. The summed E-state index contributed by atoms with van der Waals surface area (Å²) in [5, 5.41) is 3.34. The summed E-state index contributed by atoms with van der Waals surface area (Å²) in [4.78, 5) is 7.80. The second-order valence-electron chi connectivity index (χ2n) is 6.96. The first-order valence-electron chi connectivity index (χ1n) is 9.77. The highest BCUT2D eigenvalue weighted by Crippen LogP contribution is 2.25. The zero-order valence-electron chi connectivity index (χ0n) is 17.3. The number of benzene rings is 1. The molecule has 1 aliphatic heterocycles. The summed E-state index contributed by atoms with van der Waals surface area (Å²) in [7, 11) is 1.70. The molecule has 0 aromatic heterocycles. The molecule has 0 amide bonds. The number of halogens is 4. The number of nitrogens with one attached hydrogen (secondary N) is 1. The Morgan fingerprint density at radius 3 is 2.34 bits per heavy atom. The first kappa shape index (κ1) is 26.0. The molecule has 0 radical (unpaired) electrons. The predicted molar refractivity (Wildman–Crippen MR) is 121 cm³/mol. The Kier molecular flexibility index (Phi) is 11.3. The highest BCUT2D eigenvalue weighted by Gasteiger charge is 2.41. The molecular weight excluding hydrogens is 496 g/mol. The van der Waals surface area contributed by atoms with Crippen LogP contribution in [-0.4, -0.2) is 67.8 Å². The van der Waals surface area contributed by atoms with Crippen LogP contribution in [0.4, 0.5) is 13.2 Å². The van der Waals surface area contributed by atoms with Crippen LogP contribution in [0.2, 0.25) is 0 Å². The standard InChI is InChI=1S/C20H31F3N4O.HI/c1-4-13-28-15-18-8-6-5-7-17(18)14-25-19(24-3)27-11-9-26(10-12-27)16(2)20(21,22)23;/h5-8,16H,4,9-15H2,1-3H3,(H,24,25);1H. The molecule has 1 unspecified atom stereocenters. The van der Waals surface area contributed by atoms with Gasteiger partial charge in [0.1, 0.15) is 6.04 Å². The lowest BCUT2D eigenvalue weighted by Crippen LogP contribution is -2.56. The van der Waals surface area contributed by atoms with E-state index in [0.717, 1.165) is 24.2 Å². The van der Waals surface area contributed by atoms with Gasteiger partial charge in [-0.2, -0.15) is 13.2 Å². The summed E-state index contributed by atoms with van der Waals surface area (Å²) < 4.78 is 44.4. The Labute approximate surface area is 188 Å². The third-order valence-corrected chi connectivity index (χ3v) is 5.01. The predicted octanol–water partition coefficient (Wildman–Crippen LogP) is 3.88. The van der Waals surface area contributed by atoms with Gasteiger partial charge in [-0.05, 0) is 24.5 Å². The normalized spacial score (nSPS) is 17.0. The summed E-state index contributed by atoms with van der Waals surface area (Å²) in [6.07, 6.45) is -3.21. The number of alkyl halides is 3. The Morgan fingerprint density at radius 2 is 1.79 bits per heavy atom. The molecule has 1 heterocycles. The maximum Gasteiger partial charge on any atom is 0.403 e. The van der Waals surface area contributed by atoms with Crippen molar-refractivity contribution in [3.05, 3.63) is 35.4 Å². The molecule has 1 fully saturated rings. The molecule has 1 saturated heterocycles. The second kappa shape index (κ2) is 12.6. The fraction of sp³-hybridized carbons (Fsp3) is 0.650. The van der Waals surface area contributed by atoms with Gasteiger partial charge in [-0.25, -0.2) is 0 Å². The first-order chi connectivity index (χ1) is 13.4. The van der Waals surface area contributed by atoms with Crippen molar-refractivity contribution in [3.8, 4) is 0 Å². The molecule has 1 atom stereocenters. The highest BCUT2D eigenvalue weighted by atomic mass is 127. The van der Waals surface area contributed by atoms with Crippen LogP contribution in [-0.2, 0) is 17.9 Å². The van der Waals surface area contributed by atoms with Crippen molar-refractivity contribution < 1.29 is 17.9 Å². The van der Waals surface area contributed by atoms with E-state index in [9.17, 15) is 13.2 Å². The monoisotopic (exact) mass is 528 g/mol. The van der Waals surface area contributed by atoms with Crippen LogP contribution in [0.5, 0.6) is 0 Å². The van der Waals surface area contributed by atoms with Crippen molar-refractivity contribution in [2.75, 3.05) is 39.8 Å².